The van der Waals surface area contributed by atoms with Gasteiger partial charge in [-0.05, 0) is 24.1 Å². The second-order valence-corrected chi connectivity index (χ2v) is 5.08. The van der Waals surface area contributed by atoms with Crippen molar-refractivity contribution in [2.24, 2.45) is 0 Å². The number of aromatic nitrogens is 1. The molecule has 0 aliphatic heterocycles. The summed E-state index contributed by atoms with van der Waals surface area (Å²) in [5, 5.41) is 5.23. The van der Waals surface area contributed by atoms with Crippen LogP contribution in [0.25, 0.3) is 0 Å². The summed E-state index contributed by atoms with van der Waals surface area (Å²) in [7, 11) is 0. The second-order valence-electron chi connectivity index (χ2n) is 5.08. The minimum Gasteiger partial charge on any atom is -0.445 e. The number of nitrogen functional groups attached to an aromatic ring is 1. The van der Waals surface area contributed by atoms with Gasteiger partial charge in [0.2, 0.25) is 5.91 Å². The van der Waals surface area contributed by atoms with Crippen LogP contribution in [0.4, 0.5) is 16.3 Å². The molecule has 0 unspecified atom stereocenters. The van der Waals surface area contributed by atoms with Crippen molar-refractivity contribution in [3.63, 3.8) is 0 Å². The van der Waals surface area contributed by atoms with Crippen molar-refractivity contribution >= 4 is 23.5 Å². The number of rotatable bonds is 7. The maximum absolute atomic E-state index is 11.8. The predicted molar refractivity (Wildman–Crippen MR) is 91.1 cm³/mol. The number of benzene rings is 1. The number of pyridine rings is 1. The molecule has 0 fully saturated rings. The highest BCUT2D eigenvalue weighted by Gasteiger charge is 2.07. The van der Waals surface area contributed by atoms with Crippen LogP contribution in [0.1, 0.15) is 18.4 Å². The van der Waals surface area contributed by atoms with Gasteiger partial charge in [-0.3, -0.25) is 4.79 Å². The molecule has 0 radical (unpaired) electrons. The number of anilines is 2. The Morgan fingerprint density at radius 3 is 2.67 bits per heavy atom. The summed E-state index contributed by atoms with van der Waals surface area (Å²) in [5.74, 6) is 0.137. The summed E-state index contributed by atoms with van der Waals surface area (Å²) in [6, 6.07) is 12.8. The Bertz CT molecular complexity index is 677. The van der Waals surface area contributed by atoms with Crippen molar-refractivity contribution in [3.05, 3.63) is 54.2 Å². The first kappa shape index (κ1) is 17.3. The van der Waals surface area contributed by atoms with Gasteiger partial charge in [-0.15, -0.1) is 0 Å². The van der Waals surface area contributed by atoms with Crippen molar-refractivity contribution < 1.29 is 14.3 Å². The van der Waals surface area contributed by atoms with Crippen molar-refractivity contribution in [3.8, 4) is 0 Å². The predicted octanol–water partition coefficient (Wildman–Crippen LogP) is 2.31. The Morgan fingerprint density at radius 2 is 1.92 bits per heavy atom. The van der Waals surface area contributed by atoms with Crippen LogP contribution in [0.15, 0.2) is 48.7 Å². The standard InChI is InChI=1S/C17H20N4O3/c18-14-8-4-10-19-16(14)21-15(22)9-5-11-20-17(23)24-12-13-6-2-1-3-7-13/h1-4,6-8,10H,5,9,11-12,18H2,(H,20,23)(H,19,21,22). The largest absolute Gasteiger partial charge is 0.445 e. The summed E-state index contributed by atoms with van der Waals surface area (Å²) in [6.07, 6.45) is 1.78. The molecule has 2 aromatic rings. The lowest BCUT2D eigenvalue weighted by atomic mass is 10.2. The molecule has 0 saturated carbocycles. The average Bonchev–Trinajstić information content (AvgIpc) is 2.60. The fourth-order valence-corrected chi connectivity index (χ4v) is 1.93. The first-order chi connectivity index (χ1) is 11.6. The lowest BCUT2D eigenvalue weighted by molar-refractivity contribution is -0.116. The van der Waals surface area contributed by atoms with Crippen LogP contribution in [-0.4, -0.2) is 23.5 Å². The van der Waals surface area contributed by atoms with Gasteiger partial charge in [0.05, 0.1) is 5.69 Å². The number of nitrogens with zero attached hydrogens (tertiary/aromatic N) is 1. The van der Waals surface area contributed by atoms with E-state index in [4.69, 9.17) is 10.5 Å². The summed E-state index contributed by atoms with van der Waals surface area (Å²) in [5.41, 5.74) is 7.02. The summed E-state index contributed by atoms with van der Waals surface area (Å²) < 4.78 is 5.07. The molecule has 24 heavy (non-hydrogen) atoms. The zero-order valence-corrected chi connectivity index (χ0v) is 13.2. The van der Waals surface area contributed by atoms with Gasteiger partial charge in [-0.25, -0.2) is 9.78 Å². The first-order valence-corrected chi connectivity index (χ1v) is 7.60. The molecule has 0 aliphatic rings. The molecule has 0 bridgehead atoms. The smallest absolute Gasteiger partial charge is 0.407 e. The van der Waals surface area contributed by atoms with E-state index < -0.39 is 6.09 Å². The van der Waals surface area contributed by atoms with Gasteiger partial charge in [0.1, 0.15) is 6.61 Å². The number of nitrogens with two attached hydrogens (primary N) is 1. The summed E-state index contributed by atoms with van der Waals surface area (Å²) in [4.78, 5) is 27.3. The minimum absolute atomic E-state index is 0.208. The van der Waals surface area contributed by atoms with Crippen LogP contribution >= 0.6 is 0 Å². The van der Waals surface area contributed by atoms with E-state index >= 15 is 0 Å². The Labute approximate surface area is 140 Å². The van der Waals surface area contributed by atoms with Gasteiger partial charge in [0, 0.05) is 19.2 Å². The molecule has 4 N–H and O–H groups in total. The van der Waals surface area contributed by atoms with Crippen LogP contribution in [-0.2, 0) is 16.1 Å². The maximum Gasteiger partial charge on any atom is 0.407 e. The van der Waals surface area contributed by atoms with Crippen molar-refractivity contribution in [1.29, 1.82) is 0 Å². The van der Waals surface area contributed by atoms with Crippen LogP contribution in [0.5, 0.6) is 0 Å². The molecule has 1 heterocycles. The minimum atomic E-state index is -0.506. The van der Waals surface area contributed by atoms with Gasteiger partial charge in [0.15, 0.2) is 5.82 Å². The number of alkyl carbamates (subject to hydrolysis) is 1. The third-order valence-corrected chi connectivity index (χ3v) is 3.16. The number of nitrogens with one attached hydrogen (secondary N) is 2. The lowest BCUT2D eigenvalue weighted by Crippen LogP contribution is -2.26. The molecule has 126 valence electrons. The molecule has 0 atom stereocenters. The second kappa shape index (κ2) is 9.14. The van der Waals surface area contributed by atoms with Gasteiger partial charge < -0.3 is 21.1 Å². The normalized spacial score (nSPS) is 10.0. The third-order valence-electron chi connectivity index (χ3n) is 3.16. The molecular weight excluding hydrogens is 308 g/mol. The molecule has 2 rings (SSSR count). The van der Waals surface area contributed by atoms with E-state index in [9.17, 15) is 9.59 Å². The van der Waals surface area contributed by atoms with Gasteiger partial charge in [0.25, 0.3) is 0 Å². The highest BCUT2D eigenvalue weighted by molar-refractivity contribution is 5.92. The van der Waals surface area contributed by atoms with Crippen LogP contribution in [0, 0.1) is 0 Å². The molecule has 7 heteroatoms. The third kappa shape index (κ3) is 5.96. The Morgan fingerprint density at radius 1 is 1.12 bits per heavy atom. The van der Waals surface area contributed by atoms with Gasteiger partial charge in [-0.2, -0.15) is 0 Å². The van der Waals surface area contributed by atoms with Gasteiger partial charge >= 0.3 is 6.09 Å². The SMILES string of the molecule is Nc1cccnc1NC(=O)CCCNC(=O)OCc1ccccc1. The zero-order valence-electron chi connectivity index (χ0n) is 13.2. The van der Waals surface area contributed by atoms with E-state index in [0.717, 1.165) is 5.56 Å². The summed E-state index contributed by atoms with van der Waals surface area (Å²) in [6.45, 7) is 0.560. The van der Waals surface area contributed by atoms with Crippen LogP contribution in [0.3, 0.4) is 0 Å². The topological polar surface area (TPSA) is 106 Å². The van der Waals surface area contributed by atoms with E-state index in [1.807, 2.05) is 30.3 Å². The quantitative estimate of drug-likeness (QED) is 0.676. The number of carbonyl (C=O) groups excluding carboxylic acids is 2. The molecule has 0 aliphatic carbocycles. The monoisotopic (exact) mass is 328 g/mol. The lowest BCUT2D eigenvalue weighted by Gasteiger charge is -2.08. The van der Waals surface area contributed by atoms with E-state index in [-0.39, 0.29) is 18.9 Å². The number of carbonyl (C=O) groups is 2. The summed E-state index contributed by atoms with van der Waals surface area (Å²) >= 11 is 0. The van der Waals surface area contributed by atoms with Crippen molar-refractivity contribution in [2.45, 2.75) is 19.4 Å². The number of amides is 2. The van der Waals surface area contributed by atoms with E-state index in [2.05, 4.69) is 15.6 Å². The maximum atomic E-state index is 11.8. The number of hydrogen-bond donors (Lipinski definition) is 3. The van der Waals surface area contributed by atoms with Crippen LogP contribution < -0.4 is 16.4 Å². The molecule has 2 amide bonds. The Hall–Kier alpha value is -3.09. The van der Waals surface area contributed by atoms with Crippen molar-refractivity contribution in [2.75, 3.05) is 17.6 Å². The Kier molecular flexibility index (Phi) is 6.58. The van der Waals surface area contributed by atoms with E-state index in [1.165, 1.54) is 0 Å². The molecule has 1 aromatic heterocycles. The highest BCUT2D eigenvalue weighted by atomic mass is 16.5. The molecule has 0 spiro atoms. The number of ether oxygens (including phenoxy) is 1. The van der Waals surface area contributed by atoms with Crippen molar-refractivity contribution in [1.82, 2.24) is 10.3 Å². The highest BCUT2D eigenvalue weighted by Crippen LogP contribution is 2.13. The number of hydrogen-bond acceptors (Lipinski definition) is 5. The molecule has 1 aromatic carbocycles. The first-order valence-electron chi connectivity index (χ1n) is 7.60. The fourth-order valence-electron chi connectivity index (χ4n) is 1.93. The zero-order chi connectivity index (χ0) is 17.2. The molecular formula is C17H20N4O3. The Balaban J connectivity index is 1.59. The van der Waals surface area contributed by atoms with E-state index in [0.29, 0.717) is 24.5 Å². The molecule has 0 saturated heterocycles. The fraction of sp³-hybridized carbons (Fsp3) is 0.235. The average molecular weight is 328 g/mol. The van der Waals surface area contributed by atoms with Crippen LogP contribution in [0.2, 0.25) is 0 Å². The molecule has 7 nitrogen and oxygen atoms in total. The van der Waals surface area contributed by atoms with E-state index in [1.54, 1.807) is 18.3 Å². The van der Waals surface area contributed by atoms with Gasteiger partial charge in [-0.1, -0.05) is 30.3 Å².